The predicted octanol–water partition coefficient (Wildman–Crippen LogP) is 11.1. The Balaban J connectivity index is 4.50. The number of esters is 2. The van der Waals surface area contributed by atoms with Gasteiger partial charge in [0.25, 0.3) is 0 Å². The number of carboxylic acid groups (broad SMARTS) is 1. The van der Waals surface area contributed by atoms with Crippen molar-refractivity contribution in [3.8, 4) is 0 Å². The summed E-state index contributed by atoms with van der Waals surface area (Å²) in [7, 11) is 5.48. The Kier molecular flexibility index (Phi) is 34.7. The molecule has 1 N–H and O–H groups in total. The first-order chi connectivity index (χ1) is 26.6. The number of likely N-dealkylation sites (N-methyl/N-ethyl adjacent to an activating group) is 1. The van der Waals surface area contributed by atoms with Gasteiger partial charge in [-0.3, -0.25) is 9.59 Å². The van der Waals surface area contributed by atoms with Crippen molar-refractivity contribution in [3.05, 3.63) is 97.2 Å². The molecule has 2 unspecified atom stereocenters. The largest absolute Gasteiger partial charge is 0.477 e. The van der Waals surface area contributed by atoms with Gasteiger partial charge in [0, 0.05) is 19.3 Å². The fraction of sp³-hybridized carbons (Fsp3) is 0.596. The van der Waals surface area contributed by atoms with Gasteiger partial charge in [0.15, 0.2) is 12.1 Å². The third kappa shape index (κ3) is 35.7. The highest BCUT2D eigenvalue weighted by Gasteiger charge is 2.31. The quantitative estimate of drug-likeness (QED) is 0.0225. The van der Waals surface area contributed by atoms with Crippen LogP contribution in [0.5, 0.6) is 0 Å². The van der Waals surface area contributed by atoms with E-state index in [-0.39, 0.29) is 49.1 Å². The Hall–Kier alpha value is -3.75. The fourth-order valence-electron chi connectivity index (χ4n) is 5.25. The minimum atomic E-state index is -0.893. The number of carbonyl (C=O) groups is 3. The molecule has 0 aromatic carbocycles. The zero-order valence-electron chi connectivity index (χ0n) is 35.1. The maximum absolute atomic E-state index is 12.6. The molecular formula is C47H76NO7+. The Labute approximate surface area is 335 Å². The molecule has 310 valence electrons. The smallest absolute Gasteiger partial charge is 0.362 e. The van der Waals surface area contributed by atoms with Crippen LogP contribution in [0.4, 0.5) is 0 Å². The summed E-state index contributed by atoms with van der Waals surface area (Å²) in [5, 5.41) is 9.59. The third-order valence-electron chi connectivity index (χ3n) is 8.50. The van der Waals surface area contributed by atoms with Gasteiger partial charge in [-0.1, -0.05) is 130 Å². The molecule has 0 bridgehead atoms. The van der Waals surface area contributed by atoms with E-state index < -0.39 is 18.1 Å². The third-order valence-corrected chi connectivity index (χ3v) is 8.50. The van der Waals surface area contributed by atoms with E-state index in [1.165, 1.54) is 12.8 Å². The summed E-state index contributed by atoms with van der Waals surface area (Å²) in [6.07, 6.45) is 48.9. The highest BCUT2D eigenvalue weighted by atomic mass is 16.6. The second kappa shape index (κ2) is 37.2. The molecule has 0 spiro atoms. The first-order valence-corrected chi connectivity index (χ1v) is 20.8. The first kappa shape index (κ1) is 51.2. The van der Waals surface area contributed by atoms with Gasteiger partial charge >= 0.3 is 17.9 Å². The summed E-state index contributed by atoms with van der Waals surface area (Å²) < 4.78 is 17.1. The molecule has 55 heavy (non-hydrogen) atoms. The minimum absolute atomic E-state index is 0.0254. The molecule has 0 aliphatic carbocycles. The number of unbranched alkanes of at least 4 members (excludes halogenated alkanes) is 6. The molecule has 0 amide bonds. The lowest BCUT2D eigenvalue weighted by Crippen LogP contribution is -2.50. The van der Waals surface area contributed by atoms with Gasteiger partial charge in [0.05, 0.1) is 34.4 Å². The van der Waals surface area contributed by atoms with Crippen LogP contribution in [0.3, 0.4) is 0 Å². The van der Waals surface area contributed by atoms with E-state index in [9.17, 15) is 19.5 Å². The summed E-state index contributed by atoms with van der Waals surface area (Å²) in [5.41, 5.74) is 0. The molecule has 0 aliphatic rings. The van der Waals surface area contributed by atoms with Crippen LogP contribution in [-0.4, -0.2) is 80.6 Å². The lowest BCUT2D eigenvalue weighted by atomic mass is 10.1. The molecule has 0 aromatic rings. The van der Waals surface area contributed by atoms with Gasteiger partial charge < -0.3 is 23.8 Å². The van der Waals surface area contributed by atoms with Crippen LogP contribution in [0.2, 0.25) is 0 Å². The van der Waals surface area contributed by atoms with E-state index in [0.29, 0.717) is 19.3 Å². The van der Waals surface area contributed by atoms with E-state index in [1.807, 2.05) is 21.1 Å². The summed E-state index contributed by atoms with van der Waals surface area (Å²) in [6, 6.07) is -0.632. The van der Waals surface area contributed by atoms with Crippen molar-refractivity contribution in [1.82, 2.24) is 0 Å². The summed E-state index contributed by atoms with van der Waals surface area (Å²) in [4.78, 5) is 36.8. The molecule has 2 atom stereocenters. The SMILES string of the molecule is CC/C=C/C/C=C/C/C=C/C/C=C/C/C=C/C/C=C/CCCC(=O)OCC(COCCC(C(=O)O)[N+](C)(C)C)OC(=O)CCCCC/C=C/C=C/CCCC. The summed E-state index contributed by atoms with van der Waals surface area (Å²) in [6.45, 7) is 4.44. The monoisotopic (exact) mass is 767 g/mol. The molecule has 0 aliphatic heterocycles. The lowest BCUT2D eigenvalue weighted by Gasteiger charge is -2.31. The zero-order valence-corrected chi connectivity index (χ0v) is 35.1. The fourth-order valence-corrected chi connectivity index (χ4v) is 5.25. The maximum atomic E-state index is 12.6. The first-order valence-electron chi connectivity index (χ1n) is 20.8. The molecule has 0 saturated carbocycles. The van der Waals surface area contributed by atoms with Crippen molar-refractivity contribution < 1.29 is 38.2 Å². The van der Waals surface area contributed by atoms with Gasteiger partial charge in [-0.2, -0.15) is 0 Å². The lowest BCUT2D eigenvalue weighted by molar-refractivity contribution is -0.887. The van der Waals surface area contributed by atoms with Crippen molar-refractivity contribution >= 4 is 17.9 Å². The number of quaternary nitrogens is 1. The molecule has 0 saturated heterocycles. The standard InChI is InChI=1S/C47H75NO7/c1-6-8-10-12-14-16-18-19-20-21-22-23-24-25-26-28-29-31-33-35-37-45(49)54-42-43(41-53-40-39-44(47(51)52)48(3,4)5)55-46(50)38-36-34-32-30-27-17-15-13-11-9-7-2/h8,10,13-17,19-20,22-23,25-27,29,31,43-44H,6-7,9,11-12,18,21,24,28,30,32-42H2,1-5H3/p+1/b10-8+,15-13+,16-14+,20-19+,23-22+,26-25+,27-17+,31-29+. The number of hydrogen-bond donors (Lipinski definition) is 1. The number of aliphatic carboxylic acids is 1. The van der Waals surface area contributed by atoms with E-state index in [4.69, 9.17) is 14.2 Å². The summed E-state index contributed by atoms with van der Waals surface area (Å²) in [5.74, 6) is -1.60. The van der Waals surface area contributed by atoms with Crippen molar-refractivity contribution in [2.75, 3.05) is 41.0 Å². The number of hydrogen-bond acceptors (Lipinski definition) is 6. The van der Waals surface area contributed by atoms with Crippen LogP contribution >= 0.6 is 0 Å². The Morgan fingerprint density at radius 3 is 1.62 bits per heavy atom. The molecule has 0 radical (unpaired) electrons. The Morgan fingerprint density at radius 1 is 0.582 bits per heavy atom. The van der Waals surface area contributed by atoms with Crippen LogP contribution in [-0.2, 0) is 28.6 Å². The minimum Gasteiger partial charge on any atom is -0.477 e. The highest BCUT2D eigenvalue weighted by Crippen LogP contribution is 2.11. The molecule has 0 aromatic heterocycles. The van der Waals surface area contributed by atoms with Gasteiger partial charge in [0.1, 0.15) is 6.61 Å². The van der Waals surface area contributed by atoms with Crippen LogP contribution < -0.4 is 0 Å². The van der Waals surface area contributed by atoms with Crippen molar-refractivity contribution in [2.24, 2.45) is 0 Å². The molecule has 8 nitrogen and oxygen atoms in total. The molecule has 0 rings (SSSR count). The molecule has 0 fully saturated rings. The Morgan fingerprint density at radius 2 is 1.09 bits per heavy atom. The average molecular weight is 767 g/mol. The normalized spacial score (nSPS) is 14.0. The second-order valence-electron chi connectivity index (χ2n) is 14.5. The van der Waals surface area contributed by atoms with E-state index in [0.717, 1.165) is 70.6 Å². The topological polar surface area (TPSA) is 99.1 Å². The van der Waals surface area contributed by atoms with E-state index in [1.54, 1.807) is 0 Å². The van der Waals surface area contributed by atoms with E-state index in [2.05, 4.69) is 111 Å². The number of rotatable bonds is 35. The average Bonchev–Trinajstić information content (AvgIpc) is 3.14. The number of carbonyl (C=O) groups excluding carboxylic acids is 2. The predicted molar refractivity (Wildman–Crippen MR) is 229 cm³/mol. The van der Waals surface area contributed by atoms with E-state index >= 15 is 0 Å². The van der Waals surface area contributed by atoms with Crippen LogP contribution in [0.15, 0.2) is 97.2 Å². The van der Waals surface area contributed by atoms with Crippen molar-refractivity contribution in [2.45, 2.75) is 142 Å². The zero-order chi connectivity index (χ0) is 40.7. The second-order valence-corrected chi connectivity index (χ2v) is 14.5. The van der Waals surface area contributed by atoms with Crippen LogP contribution in [0.1, 0.15) is 129 Å². The molecule has 8 heteroatoms. The highest BCUT2D eigenvalue weighted by molar-refractivity contribution is 5.72. The van der Waals surface area contributed by atoms with Gasteiger partial charge in [-0.25, -0.2) is 4.79 Å². The Bertz CT molecular complexity index is 1220. The number of carboxylic acids is 1. The maximum Gasteiger partial charge on any atom is 0.362 e. The number of ether oxygens (including phenoxy) is 3. The van der Waals surface area contributed by atoms with Crippen LogP contribution in [0.25, 0.3) is 0 Å². The molecule has 0 heterocycles. The number of nitrogens with zero attached hydrogens (tertiary/aromatic N) is 1. The van der Waals surface area contributed by atoms with Gasteiger partial charge in [0.2, 0.25) is 0 Å². The van der Waals surface area contributed by atoms with Crippen LogP contribution in [0, 0.1) is 0 Å². The number of allylic oxidation sites excluding steroid dienone is 16. The summed E-state index contributed by atoms with van der Waals surface area (Å²) >= 11 is 0. The van der Waals surface area contributed by atoms with Crippen molar-refractivity contribution in [3.63, 3.8) is 0 Å². The molecular weight excluding hydrogens is 691 g/mol. The van der Waals surface area contributed by atoms with Crippen molar-refractivity contribution in [1.29, 1.82) is 0 Å². The van der Waals surface area contributed by atoms with Gasteiger partial charge in [-0.15, -0.1) is 0 Å². The van der Waals surface area contributed by atoms with Gasteiger partial charge in [-0.05, 0) is 77.0 Å².